The Morgan fingerprint density at radius 1 is 1.16 bits per heavy atom. The Morgan fingerprint density at radius 3 is 2.58 bits per heavy atom. The molecule has 0 atom stereocenters. The molecule has 1 aromatic rings. The number of nitrogens with zero attached hydrogens (tertiary/aromatic N) is 2. The van der Waals surface area contributed by atoms with Gasteiger partial charge in [0.2, 0.25) is 0 Å². The molecule has 1 aromatic heterocycles. The van der Waals surface area contributed by atoms with Crippen LogP contribution in [0.3, 0.4) is 0 Å². The quantitative estimate of drug-likeness (QED) is 0.506. The minimum absolute atomic E-state index is 0.229. The largest absolute Gasteiger partial charge is 0.308 e. The van der Waals surface area contributed by atoms with Crippen LogP contribution in [0.5, 0.6) is 0 Å². The molecule has 1 aliphatic carbocycles. The highest BCUT2D eigenvalue weighted by molar-refractivity contribution is 7.99. The van der Waals surface area contributed by atoms with Crippen LogP contribution in [0.15, 0.2) is 0 Å². The van der Waals surface area contributed by atoms with E-state index >= 15 is 0 Å². The van der Waals surface area contributed by atoms with Crippen LogP contribution in [0.25, 0.3) is 0 Å². The van der Waals surface area contributed by atoms with E-state index in [1.807, 2.05) is 11.8 Å². The van der Waals surface area contributed by atoms with Crippen molar-refractivity contribution in [2.24, 2.45) is 5.84 Å². The molecule has 5 heteroatoms. The Bertz CT molecular complexity index is 440. The van der Waals surface area contributed by atoms with Crippen molar-refractivity contribution in [2.45, 2.75) is 63.4 Å². The van der Waals surface area contributed by atoms with E-state index in [1.54, 1.807) is 0 Å². The number of nitrogens with one attached hydrogen (secondary N) is 1. The Labute approximate surface area is 119 Å². The van der Waals surface area contributed by atoms with Gasteiger partial charge >= 0.3 is 0 Å². The normalized spacial score (nSPS) is 15.8. The topological polar surface area (TPSA) is 63.8 Å². The summed E-state index contributed by atoms with van der Waals surface area (Å²) in [6.07, 6.45) is 5.80. The highest BCUT2D eigenvalue weighted by Gasteiger charge is 2.18. The summed E-state index contributed by atoms with van der Waals surface area (Å²) in [5.41, 5.74) is 5.19. The average molecular weight is 280 g/mol. The number of hydrogen-bond donors (Lipinski definition) is 2. The number of hydrazine groups is 1. The molecule has 0 spiro atoms. The fraction of sp³-hybridized carbons (Fsp3) is 0.714. The average Bonchev–Trinajstić information content (AvgIpc) is 2.59. The third-order valence-electron chi connectivity index (χ3n) is 3.25. The van der Waals surface area contributed by atoms with Gasteiger partial charge in [-0.25, -0.2) is 15.8 Å². The first-order chi connectivity index (χ1) is 8.99. The SMILES string of the molecule is CC(C)(C)SCc1nc2c(c(NN)n1)CCCCC2. The van der Waals surface area contributed by atoms with Crippen LogP contribution in [0.4, 0.5) is 5.82 Å². The maximum absolute atomic E-state index is 5.63. The number of nitrogens with two attached hydrogens (primary N) is 1. The summed E-state index contributed by atoms with van der Waals surface area (Å²) in [7, 11) is 0. The summed E-state index contributed by atoms with van der Waals surface area (Å²) < 4.78 is 0.229. The van der Waals surface area contributed by atoms with Gasteiger partial charge in [-0.2, -0.15) is 0 Å². The maximum Gasteiger partial charge on any atom is 0.147 e. The lowest BCUT2D eigenvalue weighted by atomic mass is 10.1. The number of nitrogen functional groups attached to an aromatic ring is 1. The minimum atomic E-state index is 0.229. The summed E-state index contributed by atoms with van der Waals surface area (Å²) in [5, 5.41) is 0. The molecule has 0 unspecified atom stereocenters. The third kappa shape index (κ3) is 4.08. The molecular formula is C14H24N4S. The first-order valence-electron chi connectivity index (χ1n) is 6.99. The van der Waals surface area contributed by atoms with Gasteiger partial charge in [-0.05, 0) is 25.7 Å². The predicted octanol–water partition coefficient (Wildman–Crippen LogP) is 3.06. The first-order valence-corrected chi connectivity index (χ1v) is 7.97. The molecule has 0 bridgehead atoms. The predicted molar refractivity (Wildman–Crippen MR) is 82.1 cm³/mol. The standard InChI is InChI=1S/C14H24N4S/c1-14(2,3)19-9-12-16-11-8-6-4-5-7-10(11)13(17-12)18-15/h4-9,15H2,1-3H3,(H,16,17,18). The third-order valence-corrected chi connectivity index (χ3v) is 4.52. The van der Waals surface area contributed by atoms with Gasteiger partial charge in [0, 0.05) is 16.0 Å². The molecule has 0 aliphatic heterocycles. The monoisotopic (exact) mass is 280 g/mol. The molecule has 0 saturated heterocycles. The maximum atomic E-state index is 5.63. The van der Waals surface area contributed by atoms with Crippen molar-refractivity contribution in [1.29, 1.82) is 0 Å². The van der Waals surface area contributed by atoms with Crippen molar-refractivity contribution in [2.75, 3.05) is 5.43 Å². The van der Waals surface area contributed by atoms with E-state index in [9.17, 15) is 0 Å². The van der Waals surface area contributed by atoms with Gasteiger partial charge in [-0.3, -0.25) is 0 Å². The summed E-state index contributed by atoms with van der Waals surface area (Å²) in [4.78, 5) is 9.34. The van der Waals surface area contributed by atoms with Crippen LogP contribution in [-0.4, -0.2) is 14.7 Å². The van der Waals surface area contributed by atoms with Crippen molar-refractivity contribution in [3.05, 3.63) is 17.1 Å². The zero-order valence-electron chi connectivity index (χ0n) is 12.1. The van der Waals surface area contributed by atoms with Crippen molar-refractivity contribution >= 4 is 17.6 Å². The molecule has 19 heavy (non-hydrogen) atoms. The molecule has 2 rings (SSSR count). The van der Waals surface area contributed by atoms with E-state index < -0.39 is 0 Å². The fourth-order valence-electron chi connectivity index (χ4n) is 2.29. The lowest BCUT2D eigenvalue weighted by molar-refractivity contribution is 0.708. The molecule has 1 heterocycles. The summed E-state index contributed by atoms with van der Waals surface area (Å²) >= 11 is 1.87. The molecule has 4 nitrogen and oxygen atoms in total. The number of fused-ring (bicyclic) bond motifs is 1. The van der Waals surface area contributed by atoms with E-state index in [1.165, 1.54) is 30.5 Å². The second-order valence-electron chi connectivity index (χ2n) is 6.02. The summed E-state index contributed by atoms with van der Waals surface area (Å²) in [6.45, 7) is 6.63. The van der Waals surface area contributed by atoms with Gasteiger partial charge in [0.25, 0.3) is 0 Å². The van der Waals surface area contributed by atoms with Gasteiger partial charge in [0.05, 0.1) is 5.75 Å². The second kappa shape index (κ2) is 6.09. The Hall–Kier alpha value is -0.810. The summed E-state index contributed by atoms with van der Waals surface area (Å²) in [5.74, 6) is 8.19. The number of rotatable bonds is 3. The summed E-state index contributed by atoms with van der Waals surface area (Å²) in [6, 6.07) is 0. The van der Waals surface area contributed by atoms with E-state index in [4.69, 9.17) is 10.8 Å². The number of thioether (sulfide) groups is 1. The number of aryl methyl sites for hydroxylation is 1. The minimum Gasteiger partial charge on any atom is -0.308 e. The van der Waals surface area contributed by atoms with Crippen molar-refractivity contribution in [3.8, 4) is 0 Å². The molecule has 0 saturated carbocycles. The number of anilines is 1. The van der Waals surface area contributed by atoms with Gasteiger partial charge in [0.1, 0.15) is 11.6 Å². The highest BCUT2D eigenvalue weighted by Crippen LogP contribution is 2.29. The molecule has 0 aromatic carbocycles. The van der Waals surface area contributed by atoms with Gasteiger partial charge in [-0.1, -0.05) is 27.2 Å². The van der Waals surface area contributed by atoms with Crippen molar-refractivity contribution in [1.82, 2.24) is 9.97 Å². The Balaban J connectivity index is 2.24. The van der Waals surface area contributed by atoms with E-state index in [2.05, 4.69) is 31.2 Å². The molecule has 0 radical (unpaired) electrons. The molecule has 3 N–H and O–H groups in total. The van der Waals surface area contributed by atoms with Crippen molar-refractivity contribution < 1.29 is 0 Å². The second-order valence-corrected chi connectivity index (χ2v) is 7.82. The van der Waals surface area contributed by atoms with E-state index in [0.717, 1.165) is 30.2 Å². The number of hydrogen-bond acceptors (Lipinski definition) is 5. The lowest BCUT2D eigenvalue weighted by Gasteiger charge is -2.18. The molecule has 106 valence electrons. The van der Waals surface area contributed by atoms with Crippen LogP contribution in [0.2, 0.25) is 0 Å². The van der Waals surface area contributed by atoms with Crippen LogP contribution in [-0.2, 0) is 18.6 Å². The van der Waals surface area contributed by atoms with E-state index in [-0.39, 0.29) is 4.75 Å². The van der Waals surface area contributed by atoms with Crippen molar-refractivity contribution in [3.63, 3.8) is 0 Å². The molecule has 0 amide bonds. The van der Waals surface area contributed by atoms with Crippen LogP contribution in [0, 0.1) is 0 Å². The smallest absolute Gasteiger partial charge is 0.147 e. The van der Waals surface area contributed by atoms with Crippen LogP contribution < -0.4 is 11.3 Å². The van der Waals surface area contributed by atoms with Gasteiger partial charge in [-0.15, -0.1) is 11.8 Å². The zero-order valence-corrected chi connectivity index (χ0v) is 12.9. The zero-order chi connectivity index (χ0) is 13.9. The lowest BCUT2D eigenvalue weighted by Crippen LogP contribution is -2.16. The first kappa shape index (κ1) is 14.6. The molecular weight excluding hydrogens is 256 g/mol. The Kier molecular flexibility index (Phi) is 4.68. The van der Waals surface area contributed by atoms with E-state index in [0.29, 0.717) is 0 Å². The molecule has 1 aliphatic rings. The Morgan fingerprint density at radius 2 is 1.89 bits per heavy atom. The molecule has 0 fully saturated rings. The van der Waals surface area contributed by atoms with Gasteiger partial charge < -0.3 is 5.43 Å². The van der Waals surface area contributed by atoms with Crippen LogP contribution in [0.1, 0.15) is 57.1 Å². The fourth-order valence-corrected chi connectivity index (χ4v) is 2.98. The van der Waals surface area contributed by atoms with Gasteiger partial charge in [0.15, 0.2) is 0 Å². The number of aromatic nitrogens is 2. The highest BCUT2D eigenvalue weighted by atomic mass is 32.2. The van der Waals surface area contributed by atoms with Crippen LogP contribution >= 0.6 is 11.8 Å².